The second-order valence-corrected chi connectivity index (χ2v) is 5.65. The number of nitrogens with two attached hydrogens (primary N) is 1. The number of H-pyrrole nitrogens is 1. The van der Waals surface area contributed by atoms with Gasteiger partial charge in [-0.2, -0.15) is 0 Å². The van der Waals surface area contributed by atoms with Crippen LogP contribution in [0.4, 0.5) is 5.82 Å². The molecule has 0 spiro atoms. The summed E-state index contributed by atoms with van der Waals surface area (Å²) in [5, 5.41) is 0. The molecule has 1 aliphatic carbocycles. The topological polar surface area (TPSA) is 80.9 Å². The third kappa shape index (κ3) is 2.43. The van der Waals surface area contributed by atoms with Crippen LogP contribution < -0.4 is 17.0 Å². The highest BCUT2D eigenvalue weighted by Crippen LogP contribution is 2.40. The summed E-state index contributed by atoms with van der Waals surface area (Å²) in [6.07, 6.45) is 4.12. The van der Waals surface area contributed by atoms with Gasteiger partial charge in [-0.1, -0.05) is 20.3 Å². The molecule has 5 heteroatoms. The molecule has 0 saturated heterocycles. The molecule has 1 saturated carbocycles. The highest BCUT2D eigenvalue weighted by molar-refractivity contribution is 5.27. The van der Waals surface area contributed by atoms with Crippen LogP contribution in [0.15, 0.2) is 15.7 Å². The molecule has 17 heavy (non-hydrogen) atoms. The van der Waals surface area contributed by atoms with Crippen molar-refractivity contribution in [3.05, 3.63) is 26.9 Å². The van der Waals surface area contributed by atoms with Crippen molar-refractivity contribution in [1.29, 1.82) is 0 Å². The van der Waals surface area contributed by atoms with E-state index >= 15 is 0 Å². The van der Waals surface area contributed by atoms with Gasteiger partial charge in [0, 0.05) is 12.1 Å². The Morgan fingerprint density at radius 1 is 1.47 bits per heavy atom. The number of nitrogens with one attached hydrogen (secondary N) is 1. The van der Waals surface area contributed by atoms with Crippen molar-refractivity contribution >= 4 is 5.82 Å². The molecule has 1 aliphatic rings. The highest BCUT2D eigenvalue weighted by Gasteiger charge is 2.30. The van der Waals surface area contributed by atoms with E-state index in [1.54, 1.807) is 0 Å². The molecule has 1 fully saturated rings. The third-order valence-corrected chi connectivity index (χ3v) is 3.55. The SMILES string of the molecule is CC1(C)CCCC(n2c(N)cc(=O)[nH]c2=O)C1. The van der Waals surface area contributed by atoms with Crippen molar-refractivity contribution < 1.29 is 0 Å². The molecular formula is C12H19N3O2. The third-order valence-electron chi connectivity index (χ3n) is 3.55. The molecule has 5 nitrogen and oxygen atoms in total. The average Bonchev–Trinajstić information content (AvgIpc) is 2.13. The van der Waals surface area contributed by atoms with E-state index < -0.39 is 11.2 Å². The van der Waals surface area contributed by atoms with Gasteiger partial charge in [0.05, 0.1) is 0 Å². The fourth-order valence-electron chi connectivity index (χ4n) is 2.78. The van der Waals surface area contributed by atoms with E-state index in [0.29, 0.717) is 0 Å². The molecule has 1 unspecified atom stereocenters. The van der Waals surface area contributed by atoms with Crippen LogP contribution in [0.25, 0.3) is 0 Å². The lowest BCUT2D eigenvalue weighted by atomic mass is 9.75. The van der Waals surface area contributed by atoms with E-state index in [1.165, 1.54) is 17.1 Å². The van der Waals surface area contributed by atoms with Gasteiger partial charge in [-0.05, 0) is 24.7 Å². The summed E-state index contributed by atoms with van der Waals surface area (Å²) in [6.45, 7) is 4.40. The first-order valence-corrected chi connectivity index (χ1v) is 6.00. The van der Waals surface area contributed by atoms with Gasteiger partial charge in [0.2, 0.25) is 0 Å². The predicted octanol–water partition coefficient (Wildman–Crippen LogP) is 1.26. The lowest BCUT2D eigenvalue weighted by Gasteiger charge is -2.36. The fraction of sp³-hybridized carbons (Fsp3) is 0.667. The molecule has 0 aliphatic heterocycles. The van der Waals surface area contributed by atoms with Crippen LogP contribution in [-0.4, -0.2) is 9.55 Å². The Morgan fingerprint density at radius 2 is 2.18 bits per heavy atom. The molecule has 2 rings (SSSR count). The van der Waals surface area contributed by atoms with Gasteiger partial charge in [-0.25, -0.2) is 4.79 Å². The number of nitrogen functional groups attached to an aromatic ring is 1. The first kappa shape index (κ1) is 12.0. The minimum absolute atomic E-state index is 0.100. The first-order valence-electron chi connectivity index (χ1n) is 6.00. The lowest BCUT2D eigenvalue weighted by molar-refractivity contribution is 0.181. The second-order valence-electron chi connectivity index (χ2n) is 5.65. The minimum Gasteiger partial charge on any atom is -0.385 e. The Labute approximate surface area is 99.7 Å². The maximum absolute atomic E-state index is 11.8. The monoisotopic (exact) mass is 237 g/mol. The van der Waals surface area contributed by atoms with Crippen molar-refractivity contribution in [2.24, 2.45) is 5.41 Å². The van der Waals surface area contributed by atoms with Crippen LogP contribution in [-0.2, 0) is 0 Å². The largest absolute Gasteiger partial charge is 0.385 e. The van der Waals surface area contributed by atoms with E-state index in [1.807, 2.05) is 0 Å². The Morgan fingerprint density at radius 3 is 2.76 bits per heavy atom. The molecule has 94 valence electrons. The number of aromatic nitrogens is 2. The molecule has 1 atom stereocenters. The predicted molar refractivity (Wildman–Crippen MR) is 67.0 cm³/mol. The van der Waals surface area contributed by atoms with Crippen LogP contribution in [0.3, 0.4) is 0 Å². The van der Waals surface area contributed by atoms with E-state index in [0.717, 1.165) is 19.3 Å². The highest BCUT2D eigenvalue weighted by atomic mass is 16.2. The van der Waals surface area contributed by atoms with Crippen LogP contribution in [0.1, 0.15) is 45.6 Å². The molecule has 1 heterocycles. The summed E-state index contributed by atoms with van der Waals surface area (Å²) in [6, 6.07) is 1.38. The number of rotatable bonds is 1. The van der Waals surface area contributed by atoms with E-state index in [2.05, 4.69) is 18.8 Å². The number of hydrogen-bond donors (Lipinski definition) is 2. The molecule has 0 radical (unpaired) electrons. The Kier molecular flexibility index (Phi) is 2.85. The van der Waals surface area contributed by atoms with Crippen LogP contribution >= 0.6 is 0 Å². The van der Waals surface area contributed by atoms with Gasteiger partial charge < -0.3 is 5.73 Å². The Balaban J connectivity index is 2.41. The number of aromatic amines is 1. The molecule has 0 bridgehead atoms. The quantitative estimate of drug-likeness (QED) is 0.771. The van der Waals surface area contributed by atoms with E-state index in [9.17, 15) is 9.59 Å². The van der Waals surface area contributed by atoms with Crippen molar-refractivity contribution in [2.45, 2.75) is 45.6 Å². The summed E-state index contributed by atoms with van der Waals surface area (Å²) in [5.74, 6) is 0.265. The van der Waals surface area contributed by atoms with Gasteiger partial charge in [-0.3, -0.25) is 14.3 Å². The van der Waals surface area contributed by atoms with Crippen LogP contribution in [0.2, 0.25) is 0 Å². The molecule has 3 N–H and O–H groups in total. The summed E-state index contributed by atoms with van der Waals surface area (Å²) >= 11 is 0. The fourth-order valence-corrected chi connectivity index (χ4v) is 2.78. The zero-order valence-electron chi connectivity index (χ0n) is 10.3. The minimum atomic E-state index is -0.432. The Hall–Kier alpha value is -1.52. The van der Waals surface area contributed by atoms with Gasteiger partial charge in [0.25, 0.3) is 5.56 Å². The normalized spacial score (nSPS) is 23.5. The van der Waals surface area contributed by atoms with Gasteiger partial charge in [0.15, 0.2) is 0 Å². The van der Waals surface area contributed by atoms with Crippen LogP contribution in [0.5, 0.6) is 0 Å². The van der Waals surface area contributed by atoms with Crippen molar-refractivity contribution in [3.8, 4) is 0 Å². The lowest BCUT2D eigenvalue weighted by Crippen LogP contribution is -2.37. The average molecular weight is 237 g/mol. The van der Waals surface area contributed by atoms with Crippen molar-refractivity contribution in [2.75, 3.05) is 5.73 Å². The second kappa shape index (κ2) is 4.05. The summed E-state index contributed by atoms with van der Waals surface area (Å²) in [4.78, 5) is 25.2. The molecule has 0 aromatic carbocycles. The van der Waals surface area contributed by atoms with Gasteiger partial charge in [-0.15, -0.1) is 0 Å². The zero-order valence-corrected chi connectivity index (χ0v) is 10.3. The number of nitrogens with zero attached hydrogens (tertiary/aromatic N) is 1. The first-order chi connectivity index (χ1) is 7.89. The molecule has 1 aromatic rings. The molecule has 0 amide bonds. The maximum atomic E-state index is 11.8. The number of hydrogen-bond acceptors (Lipinski definition) is 3. The van der Waals surface area contributed by atoms with Gasteiger partial charge in [0.1, 0.15) is 5.82 Å². The van der Waals surface area contributed by atoms with Gasteiger partial charge >= 0.3 is 5.69 Å². The van der Waals surface area contributed by atoms with Crippen molar-refractivity contribution in [1.82, 2.24) is 9.55 Å². The van der Waals surface area contributed by atoms with Crippen molar-refractivity contribution in [3.63, 3.8) is 0 Å². The summed E-state index contributed by atoms with van der Waals surface area (Å²) < 4.78 is 1.53. The molecule has 1 aromatic heterocycles. The smallest absolute Gasteiger partial charge is 0.330 e. The zero-order chi connectivity index (χ0) is 12.6. The Bertz CT molecular complexity index is 527. The number of anilines is 1. The summed E-state index contributed by atoms with van der Waals surface area (Å²) in [7, 11) is 0. The summed E-state index contributed by atoms with van der Waals surface area (Å²) in [5.41, 5.74) is 5.19. The van der Waals surface area contributed by atoms with Crippen LogP contribution in [0, 0.1) is 5.41 Å². The van der Waals surface area contributed by atoms with E-state index in [4.69, 9.17) is 5.73 Å². The maximum Gasteiger partial charge on any atom is 0.330 e. The molecular weight excluding hydrogens is 218 g/mol. The standard InChI is InChI=1S/C12H19N3O2/c1-12(2)5-3-4-8(7-12)15-9(13)6-10(16)14-11(15)17/h6,8H,3-5,7,13H2,1-2H3,(H,14,16,17). The van der Waals surface area contributed by atoms with E-state index in [-0.39, 0.29) is 17.3 Å².